The highest BCUT2D eigenvalue weighted by atomic mass is 16.2. The Kier molecular flexibility index (Phi) is 6.26. The summed E-state index contributed by atoms with van der Waals surface area (Å²) in [6.45, 7) is 4.99. The Labute approximate surface area is 216 Å². The zero-order chi connectivity index (χ0) is 25.2. The van der Waals surface area contributed by atoms with E-state index in [1.165, 1.54) is 0 Å². The summed E-state index contributed by atoms with van der Waals surface area (Å²) >= 11 is 0. The molecule has 1 fully saturated rings. The molecule has 0 N–H and O–H groups in total. The maximum absolute atomic E-state index is 13.6. The van der Waals surface area contributed by atoms with Gasteiger partial charge in [0.05, 0.1) is 11.4 Å². The molecule has 0 bridgehead atoms. The monoisotopic (exact) mass is 490 g/mol. The van der Waals surface area contributed by atoms with E-state index in [1.807, 2.05) is 77.7 Å². The van der Waals surface area contributed by atoms with Gasteiger partial charge in [-0.25, -0.2) is 9.38 Å². The lowest BCUT2D eigenvalue weighted by atomic mass is 9.95. The van der Waals surface area contributed by atoms with Gasteiger partial charge in [-0.15, -0.1) is 10.2 Å². The van der Waals surface area contributed by atoms with Crippen LogP contribution >= 0.6 is 0 Å². The van der Waals surface area contributed by atoms with Crippen molar-refractivity contribution in [2.24, 2.45) is 0 Å². The summed E-state index contributed by atoms with van der Waals surface area (Å²) in [7, 11) is 0. The van der Waals surface area contributed by atoms with E-state index in [4.69, 9.17) is 4.98 Å². The van der Waals surface area contributed by atoms with E-state index in [9.17, 15) is 4.79 Å². The maximum Gasteiger partial charge on any atom is 0.230 e. The molecule has 0 spiro atoms. The van der Waals surface area contributed by atoms with E-state index in [0.717, 1.165) is 65.4 Å². The lowest BCUT2D eigenvalue weighted by Crippen LogP contribution is -2.38. The van der Waals surface area contributed by atoms with E-state index in [-0.39, 0.29) is 11.8 Å². The number of rotatable bonds is 5. The first-order valence-electron chi connectivity index (χ1n) is 13.0. The SMILES string of the molecule is CC[C@H](C(=O)N1CCCN(c2nc3ccccc3c3nnc(-c4ccccc4)n23)CC1)c1ccccc1. The van der Waals surface area contributed by atoms with Crippen molar-refractivity contribution in [3.05, 3.63) is 90.5 Å². The molecule has 6 rings (SSSR count). The normalized spacial score (nSPS) is 15.2. The standard InChI is InChI=1S/C30H30N6O/c1-2-24(22-12-5-3-6-13-22)29(37)34-18-11-19-35(21-20-34)30-31-26-17-10-9-16-25(26)28-33-32-27(36(28)30)23-14-7-4-8-15-23/h3-10,12-17,24H,2,11,18-21H2,1H3/t24-/m0/s1. The van der Waals surface area contributed by atoms with Crippen LogP contribution in [0.4, 0.5) is 5.95 Å². The topological polar surface area (TPSA) is 66.6 Å². The van der Waals surface area contributed by atoms with Gasteiger partial charge in [0.25, 0.3) is 0 Å². The highest BCUT2D eigenvalue weighted by Crippen LogP contribution is 2.29. The minimum Gasteiger partial charge on any atom is -0.340 e. The molecule has 2 aromatic heterocycles. The van der Waals surface area contributed by atoms with Gasteiger partial charge < -0.3 is 9.80 Å². The first-order valence-corrected chi connectivity index (χ1v) is 13.0. The van der Waals surface area contributed by atoms with Crippen LogP contribution in [0.25, 0.3) is 27.9 Å². The third kappa shape index (κ3) is 4.31. The molecule has 1 atom stereocenters. The van der Waals surface area contributed by atoms with Crippen LogP contribution in [0.15, 0.2) is 84.9 Å². The zero-order valence-electron chi connectivity index (χ0n) is 21.0. The summed E-state index contributed by atoms with van der Waals surface area (Å²) < 4.78 is 2.08. The van der Waals surface area contributed by atoms with Crippen molar-refractivity contribution in [3.63, 3.8) is 0 Å². The van der Waals surface area contributed by atoms with Crippen molar-refractivity contribution in [3.8, 4) is 11.4 Å². The van der Waals surface area contributed by atoms with Crippen LogP contribution in [0.2, 0.25) is 0 Å². The average Bonchev–Trinajstić information content (AvgIpc) is 3.25. The fraction of sp³-hybridized carbons (Fsp3) is 0.267. The highest BCUT2D eigenvalue weighted by molar-refractivity contribution is 5.93. The minimum atomic E-state index is -0.110. The molecular weight excluding hydrogens is 460 g/mol. The fourth-order valence-electron chi connectivity index (χ4n) is 5.35. The smallest absolute Gasteiger partial charge is 0.230 e. The number of para-hydroxylation sites is 1. The van der Waals surface area contributed by atoms with Gasteiger partial charge in [-0.1, -0.05) is 79.7 Å². The predicted octanol–water partition coefficient (Wildman–Crippen LogP) is 5.18. The number of aromatic nitrogens is 4. The van der Waals surface area contributed by atoms with Crippen LogP contribution in [-0.4, -0.2) is 56.6 Å². The van der Waals surface area contributed by atoms with Gasteiger partial charge in [-0.05, 0) is 30.5 Å². The number of carbonyl (C=O) groups excluding carboxylic acids is 1. The molecule has 0 unspecified atom stereocenters. The van der Waals surface area contributed by atoms with Gasteiger partial charge in [-0.3, -0.25) is 4.79 Å². The Morgan fingerprint density at radius 2 is 1.57 bits per heavy atom. The molecule has 1 aliphatic heterocycles. The molecule has 7 nitrogen and oxygen atoms in total. The van der Waals surface area contributed by atoms with Crippen LogP contribution in [0.5, 0.6) is 0 Å². The van der Waals surface area contributed by atoms with Crippen LogP contribution in [0.1, 0.15) is 31.2 Å². The van der Waals surface area contributed by atoms with E-state index >= 15 is 0 Å². The molecular formula is C30H30N6O. The Morgan fingerprint density at radius 1 is 0.838 bits per heavy atom. The number of nitrogens with zero attached hydrogens (tertiary/aromatic N) is 6. The Bertz CT molecular complexity index is 1530. The molecule has 3 heterocycles. The van der Waals surface area contributed by atoms with E-state index in [0.29, 0.717) is 13.1 Å². The largest absolute Gasteiger partial charge is 0.340 e. The lowest BCUT2D eigenvalue weighted by Gasteiger charge is -2.27. The van der Waals surface area contributed by atoms with Crippen molar-refractivity contribution in [2.45, 2.75) is 25.7 Å². The molecule has 3 aromatic carbocycles. The van der Waals surface area contributed by atoms with E-state index < -0.39 is 0 Å². The van der Waals surface area contributed by atoms with Crippen molar-refractivity contribution >= 4 is 28.4 Å². The summed E-state index contributed by atoms with van der Waals surface area (Å²) in [6, 6.07) is 28.3. The van der Waals surface area contributed by atoms with Crippen LogP contribution < -0.4 is 4.90 Å². The Hall–Kier alpha value is -4.26. The molecule has 5 aromatic rings. The number of amides is 1. The van der Waals surface area contributed by atoms with Gasteiger partial charge in [0, 0.05) is 37.1 Å². The quantitative estimate of drug-likeness (QED) is 0.340. The molecule has 186 valence electrons. The molecule has 1 amide bonds. The molecule has 1 saturated heterocycles. The molecule has 0 radical (unpaired) electrons. The minimum absolute atomic E-state index is 0.110. The molecule has 0 saturated carbocycles. The predicted molar refractivity (Wildman–Crippen MR) is 147 cm³/mol. The van der Waals surface area contributed by atoms with Crippen LogP contribution in [0, 0.1) is 0 Å². The van der Waals surface area contributed by atoms with Gasteiger partial charge in [-0.2, -0.15) is 0 Å². The zero-order valence-corrected chi connectivity index (χ0v) is 21.0. The van der Waals surface area contributed by atoms with E-state index in [1.54, 1.807) is 0 Å². The number of hydrogen-bond acceptors (Lipinski definition) is 5. The van der Waals surface area contributed by atoms with Gasteiger partial charge in [0.1, 0.15) is 0 Å². The van der Waals surface area contributed by atoms with Gasteiger partial charge >= 0.3 is 0 Å². The van der Waals surface area contributed by atoms with Gasteiger partial charge in [0.15, 0.2) is 11.5 Å². The number of anilines is 1. The number of fused-ring (bicyclic) bond motifs is 3. The second kappa shape index (κ2) is 10.0. The maximum atomic E-state index is 13.6. The van der Waals surface area contributed by atoms with Crippen molar-refractivity contribution in [2.75, 3.05) is 31.1 Å². The summed E-state index contributed by atoms with van der Waals surface area (Å²) in [6.07, 6.45) is 1.66. The van der Waals surface area contributed by atoms with Crippen molar-refractivity contribution in [1.29, 1.82) is 0 Å². The first kappa shape index (κ1) is 23.2. The molecule has 0 aliphatic carbocycles. The molecule has 1 aliphatic rings. The van der Waals surface area contributed by atoms with Crippen LogP contribution in [0.3, 0.4) is 0 Å². The van der Waals surface area contributed by atoms with E-state index in [2.05, 4.69) is 38.6 Å². The second-order valence-electron chi connectivity index (χ2n) is 9.52. The highest BCUT2D eigenvalue weighted by Gasteiger charge is 2.28. The fourth-order valence-corrected chi connectivity index (χ4v) is 5.35. The van der Waals surface area contributed by atoms with Crippen molar-refractivity contribution < 1.29 is 4.79 Å². The summed E-state index contributed by atoms with van der Waals surface area (Å²) in [4.78, 5) is 23.0. The summed E-state index contributed by atoms with van der Waals surface area (Å²) in [5.41, 5.74) is 3.77. The number of carbonyl (C=O) groups is 1. The van der Waals surface area contributed by atoms with Crippen LogP contribution in [-0.2, 0) is 4.79 Å². The lowest BCUT2D eigenvalue weighted by molar-refractivity contribution is -0.132. The molecule has 37 heavy (non-hydrogen) atoms. The third-order valence-corrected chi connectivity index (χ3v) is 7.26. The average molecular weight is 491 g/mol. The Morgan fingerprint density at radius 3 is 2.35 bits per heavy atom. The second-order valence-corrected chi connectivity index (χ2v) is 9.52. The Balaban J connectivity index is 1.36. The van der Waals surface area contributed by atoms with Crippen molar-refractivity contribution in [1.82, 2.24) is 24.5 Å². The third-order valence-electron chi connectivity index (χ3n) is 7.26. The van der Waals surface area contributed by atoms with Gasteiger partial charge in [0.2, 0.25) is 11.9 Å². The number of benzene rings is 3. The number of hydrogen-bond donors (Lipinski definition) is 0. The summed E-state index contributed by atoms with van der Waals surface area (Å²) in [5.74, 6) is 1.69. The first-order chi connectivity index (χ1) is 18.2. The summed E-state index contributed by atoms with van der Waals surface area (Å²) in [5, 5.41) is 10.2. The molecule has 7 heteroatoms.